The number of amides is 3. The summed E-state index contributed by atoms with van der Waals surface area (Å²) in [6, 6.07) is 7.05. The summed E-state index contributed by atoms with van der Waals surface area (Å²) in [4.78, 5) is 25.5. The van der Waals surface area contributed by atoms with Crippen LogP contribution in [0.2, 0.25) is 0 Å². The van der Waals surface area contributed by atoms with Crippen molar-refractivity contribution in [1.29, 1.82) is 0 Å². The van der Waals surface area contributed by atoms with Gasteiger partial charge in [-0.25, -0.2) is 4.79 Å². The molecule has 2 aliphatic rings. The molecule has 1 saturated carbocycles. The first-order valence-electron chi connectivity index (χ1n) is 9.29. The number of ether oxygens (including phenoxy) is 1. The average molecular weight is 345 g/mol. The van der Waals surface area contributed by atoms with E-state index >= 15 is 0 Å². The minimum absolute atomic E-state index is 0.0878. The molecule has 2 fully saturated rings. The molecule has 1 heterocycles. The smallest absolute Gasteiger partial charge is 0.321 e. The fourth-order valence-electron chi connectivity index (χ4n) is 3.37. The summed E-state index contributed by atoms with van der Waals surface area (Å²) >= 11 is 0. The fraction of sp³-hybridized carbons (Fsp3) is 0.579. The molecule has 25 heavy (non-hydrogen) atoms. The standard InChI is InChI=1S/C19H27N3O3/c23-18(20-11-4-14-25-17-5-2-1-3-6-17)15-7-9-16(10-8-15)22-13-12-21-19(22)24/h7-10,17H,1-6,11-14H2,(H,20,23)(H,21,24). The first-order valence-corrected chi connectivity index (χ1v) is 9.29. The first-order chi connectivity index (χ1) is 12.2. The minimum atomic E-state index is -0.0879. The Labute approximate surface area is 148 Å². The van der Waals surface area contributed by atoms with Crippen molar-refractivity contribution in [2.24, 2.45) is 0 Å². The Morgan fingerprint density at radius 2 is 1.96 bits per heavy atom. The van der Waals surface area contributed by atoms with Gasteiger partial charge in [0.05, 0.1) is 6.10 Å². The molecular weight excluding hydrogens is 318 g/mol. The number of carbonyl (C=O) groups excluding carboxylic acids is 2. The van der Waals surface area contributed by atoms with Crippen molar-refractivity contribution in [2.75, 3.05) is 31.1 Å². The lowest BCUT2D eigenvalue weighted by atomic mass is 9.98. The Hall–Kier alpha value is -2.08. The summed E-state index contributed by atoms with van der Waals surface area (Å²) in [6.45, 7) is 2.63. The highest BCUT2D eigenvalue weighted by Gasteiger charge is 2.21. The SMILES string of the molecule is O=C(NCCCOC1CCCCC1)c1ccc(N2CCNC2=O)cc1. The Morgan fingerprint density at radius 1 is 1.20 bits per heavy atom. The summed E-state index contributed by atoms with van der Waals surface area (Å²) in [6.07, 6.45) is 7.47. The van der Waals surface area contributed by atoms with Gasteiger partial charge in [-0.15, -0.1) is 0 Å². The van der Waals surface area contributed by atoms with Crippen LogP contribution in [0.5, 0.6) is 0 Å². The maximum atomic E-state index is 12.2. The zero-order chi connectivity index (χ0) is 17.5. The zero-order valence-electron chi connectivity index (χ0n) is 14.6. The van der Waals surface area contributed by atoms with Crippen LogP contribution in [0.1, 0.15) is 48.9 Å². The highest BCUT2D eigenvalue weighted by molar-refractivity contribution is 5.96. The number of hydrogen-bond donors (Lipinski definition) is 2. The normalized spacial score (nSPS) is 18.2. The molecule has 2 N–H and O–H groups in total. The molecule has 0 spiro atoms. The van der Waals surface area contributed by atoms with Crippen LogP contribution in [-0.4, -0.2) is 44.3 Å². The van der Waals surface area contributed by atoms with Crippen LogP contribution in [0.25, 0.3) is 0 Å². The first kappa shape index (κ1) is 17.7. The molecule has 0 unspecified atom stereocenters. The summed E-state index contributed by atoms with van der Waals surface area (Å²) < 4.78 is 5.86. The largest absolute Gasteiger partial charge is 0.378 e. The van der Waals surface area contributed by atoms with Gasteiger partial charge in [0.25, 0.3) is 5.91 Å². The lowest BCUT2D eigenvalue weighted by molar-refractivity contribution is 0.0273. The molecule has 1 aromatic rings. The molecule has 0 aromatic heterocycles. The number of hydrogen-bond acceptors (Lipinski definition) is 3. The number of nitrogens with zero attached hydrogens (tertiary/aromatic N) is 1. The van der Waals surface area contributed by atoms with E-state index in [1.165, 1.54) is 32.1 Å². The Morgan fingerprint density at radius 3 is 2.64 bits per heavy atom. The third kappa shape index (κ3) is 4.95. The van der Waals surface area contributed by atoms with Crippen molar-refractivity contribution in [2.45, 2.75) is 44.6 Å². The Bertz CT molecular complexity index is 582. The number of carbonyl (C=O) groups is 2. The van der Waals surface area contributed by atoms with Gasteiger partial charge in [-0.2, -0.15) is 0 Å². The second kappa shape index (κ2) is 8.85. The van der Waals surface area contributed by atoms with Crippen molar-refractivity contribution >= 4 is 17.6 Å². The van der Waals surface area contributed by atoms with Crippen molar-refractivity contribution in [3.63, 3.8) is 0 Å². The molecule has 1 aliphatic carbocycles. The highest BCUT2D eigenvalue weighted by Crippen LogP contribution is 2.20. The Kier molecular flexibility index (Phi) is 6.28. The van der Waals surface area contributed by atoms with E-state index in [0.717, 1.165) is 12.1 Å². The molecule has 6 heteroatoms. The van der Waals surface area contributed by atoms with Crippen molar-refractivity contribution in [3.8, 4) is 0 Å². The van der Waals surface area contributed by atoms with Gasteiger partial charge in [0.2, 0.25) is 0 Å². The fourth-order valence-corrected chi connectivity index (χ4v) is 3.37. The number of anilines is 1. The van der Waals surface area contributed by atoms with Gasteiger partial charge in [-0.1, -0.05) is 19.3 Å². The summed E-state index contributed by atoms with van der Waals surface area (Å²) in [7, 11) is 0. The highest BCUT2D eigenvalue weighted by atomic mass is 16.5. The van der Waals surface area contributed by atoms with E-state index < -0.39 is 0 Å². The molecule has 1 saturated heterocycles. The predicted molar refractivity (Wildman–Crippen MR) is 97.0 cm³/mol. The van der Waals surface area contributed by atoms with E-state index in [9.17, 15) is 9.59 Å². The van der Waals surface area contributed by atoms with Gasteiger partial charge >= 0.3 is 6.03 Å². The molecule has 6 nitrogen and oxygen atoms in total. The van der Waals surface area contributed by atoms with E-state index in [4.69, 9.17) is 4.74 Å². The van der Waals surface area contributed by atoms with Gasteiger partial charge in [0.1, 0.15) is 0 Å². The average Bonchev–Trinajstić information content (AvgIpc) is 3.08. The third-order valence-electron chi connectivity index (χ3n) is 4.81. The van der Waals surface area contributed by atoms with Crippen LogP contribution in [0, 0.1) is 0 Å². The lowest BCUT2D eigenvalue weighted by Gasteiger charge is -2.21. The Balaban J connectivity index is 1.37. The quantitative estimate of drug-likeness (QED) is 0.747. The molecule has 136 valence electrons. The van der Waals surface area contributed by atoms with E-state index in [1.54, 1.807) is 17.0 Å². The monoisotopic (exact) mass is 345 g/mol. The van der Waals surface area contributed by atoms with E-state index in [0.29, 0.717) is 37.9 Å². The molecule has 3 rings (SSSR count). The molecule has 0 atom stereocenters. The van der Waals surface area contributed by atoms with Crippen molar-refractivity contribution < 1.29 is 14.3 Å². The van der Waals surface area contributed by atoms with Crippen LogP contribution in [0.4, 0.5) is 10.5 Å². The number of nitrogens with one attached hydrogen (secondary N) is 2. The van der Waals surface area contributed by atoms with Gasteiger partial charge in [-0.3, -0.25) is 9.69 Å². The van der Waals surface area contributed by atoms with E-state index in [1.807, 2.05) is 12.1 Å². The van der Waals surface area contributed by atoms with Crippen LogP contribution in [0.15, 0.2) is 24.3 Å². The number of benzene rings is 1. The molecule has 0 radical (unpaired) electrons. The van der Waals surface area contributed by atoms with E-state index in [-0.39, 0.29) is 11.9 Å². The number of urea groups is 1. The second-order valence-electron chi connectivity index (χ2n) is 6.67. The minimum Gasteiger partial charge on any atom is -0.378 e. The van der Waals surface area contributed by atoms with Gasteiger partial charge in [-0.05, 0) is 43.5 Å². The van der Waals surface area contributed by atoms with Crippen LogP contribution < -0.4 is 15.5 Å². The van der Waals surface area contributed by atoms with Crippen molar-refractivity contribution in [1.82, 2.24) is 10.6 Å². The summed E-state index contributed by atoms with van der Waals surface area (Å²) in [5, 5.41) is 5.69. The van der Waals surface area contributed by atoms with Gasteiger partial charge in [0.15, 0.2) is 0 Å². The van der Waals surface area contributed by atoms with Crippen LogP contribution in [-0.2, 0) is 4.74 Å². The molecule has 0 bridgehead atoms. The van der Waals surface area contributed by atoms with Gasteiger partial charge < -0.3 is 15.4 Å². The van der Waals surface area contributed by atoms with E-state index in [2.05, 4.69) is 10.6 Å². The van der Waals surface area contributed by atoms with Crippen LogP contribution in [0.3, 0.4) is 0 Å². The van der Waals surface area contributed by atoms with Crippen LogP contribution >= 0.6 is 0 Å². The lowest BCUT2D eigenvalue weighted by Crippen LogP contribution is -2.28. The maximum Gasteiger partial charge on any atom is 0.321 e. The molecule has 1 aromatic carbocycles. The third-order valence-corrected chi connectivity index (χ3v) is 4.81. The summed E-state index contributed by atoms with van der Waals surface area (Å²) in [5.74, 6) is -0.0879. The van der Waals surface area contributed by atoms with Gasteiger partial charge in [0, 0.05) is 37.5 Å². The molecular formula is C19H27N3O3. The zero-order valence-corrected chi connectivity index (χ0v) is 14.6. The topological polar surface area (TPSA) is 70.7 Å². The van der Waals surface area contributed by atoms with Crippen molar-refractivity contribution in [3.05, 3.63) is 29.8 Å². The molecule has 1 aliphatic heterocycles. The number of rotatable bonds is 7. The maximum absolute atomic E-state index is 12.2. The summed E-state index contributed by atoms with van der Waals surface area (Å²) in [5.41, 5.74) is 1.42. The second-order valence-corrected chi connectivity index (χ2v) is 6.67. The molecule has 3 amide bonds. The predicted octanol–water partition coefficient (Wildman–Crippen LogP) is 2.69.